The summed E-state index contributed by atoms with van der Waals surface area (Å²) < 4.78 is 13.7. The summed E-state index contributed by atoms with van der Waals surface area (Å²) in [5.41, 5.74) is 2.01. The number of benzene rings is 1. The van der Waals surface area contributed by atoms with Crippen molar-refractivity contribution in [1.29, 1.82) is 0 Å². The normalized spacial score (nSPS) is 12.5. The van der Waals surface area contributed by atoms with E-state index in [1.165, 1.54) is 0 Å². The Kier molecular flexibility index (Phi) is 6.85. The second-order valence-corrected chi connectivity index (χ2v) is 5.04. The fourth-order valence-electron chi connectivity index (χ4n) is 2.28. The SMILES string of the molecule is CCCNCc1cc(F)cc(N(CC)C(C)CC)c1. The van der Waals surface area contributed by atoms with Crippen LogP contribution in [0.25, 0.3) is 0 Å². The highest BCUT2D eigenvalue weighted by Crippen LogP contribution is 2.21. The van der Waals surface area contributed by atoms with E-state index in [0.717, 1.165) is 43.7 Å². The van der Waals surface area contributed by atoms with Crippen LogP contribution in [0.15, 0.2) is 18.2 Å². The smallest absolute Gasteiger partial charge is 0.125 e. The lowest BCUT2D eigenvalue weighted by molar-refractivity contribution is 0.605. The number of halogens is 1. The number of nitrogens with one attached hydrogen (secondary N) is 1. The van der Waals surface area contributed by atoms with Crippen molar-refractivity contribution in [2.24, 2.45) is 0 Å². The largest absolute Gasteiger partial charge is 0.369 e. The molecule has 0 spiro atoms. The molecule has 108 valence electrons. The lowest BCUT2D eigenvalue weighted by atomic mass is 10.1. The highest BCUT2D eigenvalue weighted by Gasteiger charge is 2.12. The molecule has 0 fully saturated rings. The minimum Gasteiger partial charge on any atom is -0.369 e. The molecule has 0 bridgehead atoms. The molecule has 1 aromatic rings. The molecule has 1 unspecified atom stereocenters. The van der Waals surface area contributed by atoms with Gasteiger partial charge in [0.2, 0.25) is 0 Å². The molecule has 0 radical (unpaired) electrons. The third kappa shape index (κ3) is 4.83. The molecule has 1 rings (SSSR count). The molecule has 0 aliphatic heterocycles. The highest BCUT2D eigenvalue weighted by molar-refractivity contribution is 5.49. The third-order valence-electron chi connectivity index (χ3n) is 3.49. The van der Waals surface area contributed by atoms with Crippen molar-refractivity contribution >= 4 is 5.69 Å². The van der Waals surface area contributed by atoms with E-state index < -0.39 is 0 Å². The van der Waals surface area contributed by atoms with Gasteiger partial charge in [-0.1, -0.05) is 13.8 Å². The topological polar surface area (TPSA) is 15.3 Å². The number of nitrogens with zero attached hydrogens (tertiary/aromatic N) is 1. The van der Waals surface area contributed by atoms with Crippen LogP contribution >= 0.6 is 0 Å². The summed E-state index contributed by atoms with van der Waals surface area (Å²) >= 11 is 0. The maximum Gasteiger partial charge on any atom is 0.125 e. The van der Waals surface area contributed by atoms with Gasteiger partial charge in [-0.05, 0) is 57.0 Å². The third-order valence-corrected chi connectivity index (χ3v) is 3.49. The van der Waals surface area contributed by atoms with Gasteiger partial charge in [0, 0.05) is 24.8 Å². The Hall–Kier alpha value is -1.09. The van der Waals surface area contributed by atoms with Crippen LogP contribution in [0, 0.1) is 5.82 Å². The summed E-state index contributed by atoms with van der Waals surface area (Å²) in [4.78, 5) is 2.26. The van der Waals surface area contributed by atoms with Crippen LogP contribution in [0.2, 0.25) is 0 Å². The van der Waals surface area contributed by atoms with Crippen molar-refractivity contribution in [1.82, 2.24) is 5.32 Å². The molecule has 2 nitrogen and oxygen atoms in total. The average Bonchev–Trinajstić information content (AvgIpc) is 2.39. The first-order valence-electron chi connectivity index (χ1n) is 7.39. The van der Waals surface area contributed by atoms with Gasteiger partial charge in [0.15, 0.2) is 0 Å². The summed E-state index contributed by atoms with van der Waals surface area (Å²) in [5, 5.41) is 3.32. The van der Waals surface area contributed by atoms with Crippen LogP contribution < -0.4 is 10.2 Å². The lowest BCUT2D eigenvalue weighted by Crippen LogP contribution is -2.32. The van der Waals surface area contributed by atoms with E-state index in [4.69, 9.17) is 0 Å². The number of anilines is 1. The van der Waals surface area contributed by atoms with Crippen molar-refractivity contribution in [3.63, 3.8) is 0 Å². The molecular weight excluding hydrogens is 239 g/mol. The first-order chi connectivity index (χ1) is 9.12. The molecule has 3 heteroatoms. The number of hydrogen-bond acceptors (Lipinski definition) is 2. The molecule has 19 heavy (non-hydrogen) atoms. The van der Waals surface area contributed by atoms with E-state index in [-0.39, 0.29) is 5.82 Å². The van der Waals surface area contributed by atoms with E-state index in [1.54, 1.807) is 12.1 Å². The summed E-state index contributed by atoms with van der Waals surface area (Å²) in [6.45, 7) is 11.2. The van der Waals surface area contributed by atoms with Crippen LogP contribution in [0.3, 0.4) is 0 Å². The van der Waals surface area contributed by atoms with Crippen molar-refractivity contribution in [3.8, 4) is 0 Å². The summed E-state index contributed by atoms with van der Waals surface area (Å²) in [6, 6.07) is 5.79. The lowest BCUT2D eigenvalue weighted by Gasteiger charge is -2.30. The van der Waals surface area contributed by atoms with Crippen LogP contribution in [0.1, 0.15) is 46.1 Å². The van der Waals surface area contributed by atoms with E-state index in [0.29, 0.717) is 6.04 Å². The predicted octanol–water partition coefficient (Wildman–Crippen LogP) is 3.95. The van der Waals surface area contributed by atoms with Crippen molar-refractivity contribution in [2.45, 2.75) is 53.1 Å². The van der Waals surface area contributed by atoms with E-state index in [9.17, 15) is 4.39 Å². The standard InChI is InChI=1S/C16H27FN2/c1-5-8-18-12-14-9-15(17)11-16(10-14)19(7-3)13(4)6-2/h9-11,13,18H,5-8,12H2,1-4H3. The number of hydrogen-bond donors (Lipinski definition) is 1. The molecule has 0 saturated heterocycles. The summed E-state index contributed by atoms with van der Waals surface area (Å²) in [5.74, 6) is -0.146. The van der Waals surface area contributed by atoms with Gasteiger partial charge in [0.25, 0.3) is 0 Å². The Morgan fingerprint density at radius 3 is 2.53 bits per heavy atom. The Labute approximate surface area is 117 Å². The quantitative estimate of drug-likeness (QED) is 0.717. The molecule has 1 aromatic carbocycles. The Morgan fingerprint density at radius 2 is 1.95 bits per heavy atom. The van der Waals surface area contributed by atoms with Crippen molar-refractivity contribution in [3.05, 3.63) is 29.6 Å². The first kappa shape index (κ1) is 16.0. The maximum atomic E-state index is 13.7. The van der Waals surface area contributed by atoms with Crippen LogP contribution in [0.5, 0.6) is 0 Å². The summed E-state index contributed by atoms with van der Waals surface area (Å²) in [7, 11) is 0. The molecule has 0 aromatic heterocycles. The van der Waals surface area contributed by atoms with Gasteiger partial charge in [-0.3, -0.25) is 0 Å². The maximum absolute atomic E-state index is 13.7. The first-order valence-corrected chi connectivity index (χ1v) is 7.39. The molecular formula is C16H27FN2. The highest BCUT2D eigenvalue weighted by atomic mass is 19.1. The van der Waals surface area contributed by atoms with Crippen molar-refractivity contribution < 1.29 is 4.39 Å². The van der Waals surface area contributed by atoms with E-state index >= 15 is 0 Å². The second-order valence-electron chi connectivity index (χ2n) is 5.04. The Bertz CT molecular complexity index is 379. The number of rotatable bonds is 8. The molecule has 0 aliphatic rings. The fourth-order valence-corrected chi connectivity index (χ4v) is 2.28. The monoisotopic (exact) mass is 266 g/mol. The van der Waals surface area contributed by atoms with Crippen LogP contribution in [0.4, 0.5) is 10.1 Å². The van der Waals surface area contributed by atoms with E-state index in [2.05, 4.69) is 44.0 Å². The van der Waals surface area contributed by atoms with E-state index in [1.807, 2.05) is 0 Å². The molecule has 0 saturated carbocycles. The van der Waals surface area contributed by atoms with Crippen LogP contribution in [-0.4, -0.2) is 19.1 Å². The van der Waals surface area contributed by atoms with Crippen LogP contribution in [-0.2, 0) is 6.54 Å². The second kappa shape index (κ2) is 8.16. The zero-order valence-electron chi connectivity index (χ0n) is 12.7. The van der Waals surface area contributed by atoms with Gasteiger partial charge in [0.05, 0.1) is 0 Å². The van der Waals surface area contributed by atoms with Gasteiger partial charge in [-0.25, -0.2) is 4.39 Å². The van der Waals surface area contributed by atoms with Gasteiger partial charge >= 0.3 is 0 Å². The van der Waals surface area contributed by atoms with Gasteiger partial charge in [0.1, 0.15) is 5.82 Å². The predicted molar refractivity (Wildman–Crippen MR) is 81.2 cm³/mol. The zero-order valence-corrected chi connectivity index (χ0v) is 12.7. The minimum atomic E-state index is -0.146. The molecule has 0 aliphatic carbocycles. The zero-order chi connectivity index (χ0) is 14.3. The molecule has 0 amide bonds. The average molecular weight is 266 g/mol. The van der Waals surface area contributed by atoms with Gasteiger partial charge < -0.3 is 10.2 Å². The fraction of sp³-hybridized carbons (Fsp3) is 0.625. The Morgan fingerprint density at radius 1 is 1.21 bits per heavy atom. The molecule has 1 N–H and O–H groups in total. The summed E-state index contributed by atoms with van der Waals surface area (Å²) in [6.07, 6.45) is 2.16. The molecule has 0 heterocycles. The van der Waals surface area contributed by atoms with Gasteiger partial charge in [-0.15, -0.1) is 0 Å². The van der Waals surface area contributed by atoms with Gasteiger partial charge in [-0.2, -0.15) is 0 Å². The minimum absolute atomic E-state index is 0.146. The van der Waals surface area contributed by atoms with Crippen molar-refractivity contribution in [2.75, 3.05) is 18.0 Å². The molecule has 1 atom stereocenters. The Balaban J connectivity index is 2.87.